The minimum Gasteiger partial charge on any atom is -0.504 e. The van der Waals surface area contributed by atoms with E-state index in [4.69, 9.17) is 0 Å². The highest BCUT2D eigenvalue weighted by molar-refractivity contribution is 5.46. The first-order chi connectivity index (χ1) is 7.56. The van der Waals surface area contributed by atoms with Crippen LogP contribution >= 0.6 is 0 Å². The molecule has 0 saturated carbocycles. The van der Waals surface area contributed by atoms with Crippen LogP contribution in [0.3, 0.4) is 0 Å². The van der Waals surface area contributed by atoms with Crippen LogP contribution in [0.5, 0.6) is 11.5 Å². The molecule has 3 heteroatoms. The Hall–Kier alpha value is -1.22. The van der Waals surface area contributed by atoms with Gasteiger partial charge in [-0.2, -0.15) is 0 Å². The van der Waals surface area contributed by atoms with Crippen LogP contribution in [0.2, 0.25) is 0 Å². The summed E-state index contributed by atoms with van der Waals surface area (Å²) in [5.74, 6) is -0.0158. The van der Waals surface area contributed by atoms with Crippen molar-refractivity contribution in [1.29, 1.82) is 0 Å². The minimum absolute atomic E-state index is 0.00554. The van der Waals surface area contributed by atoms with Crippen molar-refractivity contribution in [3.63, 3.8) is 0 Å². The van der Waals surface area contributed by atoms with Crippen molar-refractivity contribution >= 4 is 0 Å². The van der Waals surface area contributed by atoms with Gasteiger partial charge in [-0.1, -0.05) is 13.8 Å². The largest absolute Gasteiger partial charge is 0.504 e. The highest BCUT2D eigenvalue weighted by Gasteiger charge is 2.20. The summed E-state index contributed by atoms with van der Waals surface area (Å²) in [4.78, 5) is 0. The van der Waals surface area contributed by atoms with Gasteiger partial charge >= 0.3 is 0 Å². The molecule has 3 nitrogen and oxygen atoms in total. The number of fused-ring (bicyclic) bond motifs is 1. The number of phenols is 2. The standard InChI is InChI=1S/C13H19NO2/c1-8(2)14-11-4-3-9-6-12(15)13(16)7-10(9)5-11/h6-8,11,14-16H,3-5H2,1-2H3. The quantitative estimate of drug-likeness (QED) is 0.669. The molecule has 1 aromatic rings. The zero-order valence-electron chi connectivity index (χ0n) is 9.83. The molecule has 1 unspecified atom stereocenters. The van der Waals surface area contributed by atoms with E-state index in [2.05, 4.69) is 19.2 Å². The summed E-state index contributed by atoms with van der Waals surface area (Å²) >= 11 is 0. The van der Waals surface area contributed by atoms with Crippen LogP contribution in [0.4, 0.5) is 0 Å². The molecule has 0 radical (unpaired) electrons. The van der Waals surface area contributed by atoms with E-state index < -0.39 is 0 Å². The molecular weight excluding hydrogens is 202 g/mol. The van der Waals surface area contributed by atoms with E-state index in [9.17, 15) is 10.2 Å². The highest BCUT2D eigenvalue weighted by atomic mass is 16.3. The Morgan fingerprint density at radius 2 is 1.81 bits per heavy atom. The molecule has 88 valence electrons. The number of aryl methyl sites for hydroxylation is 1. The molecule has 0 aliphatic heterocycles. The molecule has 1 aromatic carbocycles. The van der Waals surface area contributed by atoms with Gasteiger partial charge in [0.05, 0.1) is 0 Å². The molecule has 0 heterocycles. The lowest BCUT2D eigenvalue weighted by molar-refractivity contribution is 0.394. The van der Waals surface area contributed by atoms with Gasteiger partial charge in [0.25, 0.3) is 0 Å². The average Bonchev–Trinajstić information content (AvgIpc) is 2.19. The Labute approximate surface area is 96.1 Å². The van der Waals surface area contributed by atoms with Crippen molar-refractivity contribution in [3.8, 4) is 11.5 Å². The van der Waals surface area contributed by atoms with E-state index in [1.54, 1.807) is 12.1 Å². The zero-order chi connectivity index (χ0) is 11.7. The Morgan fingerprint density at radius 3 is 2.44 bits per heavy atom. The predicted molar refractivity (Wildman–Crippen MR) is 63.9 cm³/mol. The molecule has 0 amide bonds. The van der Waals surface area contributed by atoms with Crippen molar-refractivity contribution in [3.05, 3.63) is 23.3 Å². The van der Waals surface area contributed by atoms with Crippen LogP contribution in [0.1, 0.15) is 31.4 Å². The van der Waals surface area contributed by atoms with E-state index in [1.807, 2.05) is 0 Å². The fourth-order valence-corrected chi connectivity index (χ4v) is 2.40. The van der Waals surface area contributed by atoms with E-state index in [1.165, 1.54) is 0 Å². The first kappa shape index (κ1) is 11.3. The minimum atomic E-state index is -0.0102. The summed E-state index contributed by atoms with van der Waals surface area (Å²) in [6.07, 6.45) is 2.99. The molecule has 3 N–H and O–H groups in total. The van der Waals surface area contributed by atoms with Gasteiger partial charge in [-0.05, 0) is 42.5 Å². The first-order valence-corrected chi connectivity index (χ1v) is 5.86. The molecule has 1 aliphatic rings. The Kier molecular flexibility index (Phi) is 3.06. The van der Waals surface area contributed by atoms with Crippen LogP contribution in [0.25, 0.3) is 0 Å². The topological polar surface area (TPSA) is 52.5 Å². The predicted octanol–water partition coefficient (Wildman–Crippen LogP) is 1.95. The number of hydrogen-bond donors (Lipinski definition) is 3. The van der Waals surface area contributed by atoms with Crippen molar-refractivity contribution in [1.82, 2.24) is 5.32 Å². The summed E-state index contributed by atoms with van der Waals surface area (Å²) in [7, 11) is 0. The molecule has 0 bridgehead atoms. The van der Waals surface area contributed by atoms with E-state index in [-0.39, 0.29) is 11.5 Å². The molecular formula is C13H19NO2. The van der Waals surface area contributed by atoms with Crippen LogP contribution in [-0.2, 0) is 12.8 Å². The summed E-state index contributed by atoms with van der Waals surface area (Å²) in [6, 6.07) is 4.35. The van der Waals surface area contributed by atoms with Crippen LogP contribution in [0, 0.1) is 0 Å². The van der Waals surface area contributed by atoms with Gasteiger partial charge in [0, 0.05) is 12.1 Å². The Balaban J connectivity index is 2.17. The molecule has 1 atom stereocenters. The van der Waals surface area contributed by atoms with Crippen molar-refractivity contribution in [2.24, 2.45) is 0 Å². The molecule has 0 fully saturated rings. The average molecular weight is 221 g/mol. The van der Waals surface area contributed by atoms with Gasteiger partial charge in [0.1, 0.15) is 0 Å². The van der Waals surface area contributed by atoms with Crippen LogP contribution in [-0.4, -0.2) is 22.3 Å². The van der Waals surface area contributed by atoms with Crippen molar-refractivity contribution < 1.29 is 10.2 Å². The maximum Gasteiger partial charge on any atom is 0.157 e. The summed E-state index contributed by atoms with van der Waals surface area (Å²) in [6.45, 7) is 4.29. The number of benzene rings is 1. The lowest BCUT2D eigenvalue weighted by atomic mass is 9.87. The maximum atomic E-state index is 9.47. The van der Waals surface area contributed by atoms with E-state index in [0.29, 0.717) is 12.1 Å². The number of aromatic hydroxyl groups is 2. The van der Waals surface area contributed by atoms with Gasteiger partial charge in [-0.25, -0.2) is 0 Å². The lowest BCUT2D eigenvalue weighted by Gasteiger charge is -2.27. The molecule has 2 rings (SSSR count). The smallest absolute Gasteiger partial charge is 0.157 e. The first-order valence-electron chi connectivity index (χ1n) is 5.86. The molecule has 0 spiro atoms. The monoisotopic (exact) mass is 221 g/mol. The second-order valence-electron chi connectivity index (χ2n) is 4.87. The fourth-order valence-electron chi connectivity index (χ4n) is 2.40. The molecule has 0 aromatic heterocycles. The van der Waals surface area contributed by atoms with Crippen LogP contribution in [0.15, 0.2) is 12.1 Å². The molecule has 0 saturated heterocycles. The van der Waals surface area contributed by atoms with Gasteiger partial charge in [-0.15, -0.1) is 0 Å². The highest BCUT2D eigenvalue weighted by Crippen LogP contribution is 2.32. The van der Waals surface area contributed by atoms with Crippen molar-refractivity contribution in [2.45, 2.75) is 45.2 Å². The molecule has 1 aliphatic carbocycles. The second-order valence-corrected chi connectivity index (χ2v) is 4.87. The van der Waals surface area contributed by atoms with Crippen molar-refractivity contribution in [2.75, 3.05) is 0 Å². The number of nitrogens with one attached hydrogen (secondary N) is 1. The van der Waals surface area contributed by atoms with Crippen LogP contribution < -0.4 is 5.32 Å². The third-order valence-corrected chi connectivity index (χ3v) is 3.09. The SMILES string of the molecule is CC(C)NC1CCc2cc(O)c(O)cc2C1. The van der Waals surface area contributed by atoms with E-state index >= 15 is 0 Å². The summed E-state index contributed by atoms with van der Waals surface area (Å²) < 4.78 is 0. The zero-order valence-corrected chi connectivity index (χ0v) is 9.83. The maximum absolute atomic E-state index is 9.47. The Bertz CT molecular complexity index is 388. The normalized spacial score (nSPS) is 19.8. The summed E-state index contributed by atoms with van der Waals surface area (Å²) in [5, 5.41) is 22.4. The second kappa shape index (κ2) is 4.34. The van der Waals surface area contributed by atoms with Gasteiger partial charge in [-0.3, -0.25) is 0 Å². The number of hydrogen-bond acceptors (Lipinski definition) is 3. The van der Waals surface area contributed by atoms with E-state index in [0.717, 1.165) is 30.4 Å². The number of phenolic OH excluding ortho intramolecular Hbond substituents is 2. The number of rotatable bonds is 2. The summed E-state index contributed by atoms with van der Waals surface area (Å²) in [5.41, 5.74) is 2.32. The Morgan fingerprint density at radius 1 is 1.19 bits per heavy atom. The van der Waals surface area contributed by atoms with Gasteiger partial charge < -0.3 is 15.5 Å². The third kappa shape index (κ3) is 2.30. The third-order valence-electron chi connectivity index (χ3n) is 3.09. The fraction of sp³-hybridized carbons (Fsp3) is 0.538. The van der Waals surface area contributed by atoms with Gasteiger partial charge in [0.15, 0.2) is 11.5 Å². The van der Waals surface area contributed by atoms with Gasteiger partial charge in [0.2, 0.25) is 0 Å². The molecule has 16 heavy (non-hydrogen) atoms. The lowest BCUT2D eigenvalue weighted by Crippen LogP contribution is -2.38.